The van der Waals surface area contributed by atoms with Gasteiger partial charge in [-0.3, -0.25) is 4.68 Å². The summed E-state index contributed by atoms with van der Waals surface area (Å²) in [7, 11) is 6.51. The van der Waals surface area contributed by atoms with Crippen molar-refractivity contribution in [3.63, 3.8) is 0 Å². The summed E-state index contributed by atoms with van der Waals surface area (Å²) in [5.74, 6) is 2.36. The van der Waals surface area contributed by atoms with Crippen molar-refractivity contribution < 1.29 is 18.7 Å². The maximum atomic E-state index is 5.34. The van der Waals surface area contributed by atoms with Crippen LogP contribution in [0.1, 0.15) is 11.5 Å². The van der Waals surface area contributed by atoms with Gasteiger partial charge in [-0.2, -0.15) is 10.1 Å². The van der Waals surface area contributed by atoms with E-state index < -0.39 is 0 Å². The van der Waals surface area contributed by atoms with Crippen LogP contribution in [0.5, 0.6) is 17.2 Å². The zero-order valence-electron chi connectivity index (χ0n) is 14.4. The van der Waals surface area contributed by atoms with Gasteiger partial charge in [0.2, 0.25) is 11.6 Å². The molecule has 1 aromatic carbocycles. The van der Waals surface area contributed by atoms with Crippen molar-refractivity contribution in [3.8, 4) is 28.6 Å². The molecule has 0 saturated heterocycles. The molecule has 0 bridgehead atoms. The summed E-state index contributed by atoms with van der Waals surface area (Å²) in [4.78, 5) is 4.36. The van der Waals surface area contributed by atoms with Gasteiger partial charge in [0, 0.05) is 30.4 Å². The Hall–Kier alpha value is -3.29. The molecule has 0 aliphatic carbocycles. The van der Waals surface area contributed by atoms with Crippen LogP contribution in [0.4, 0.5) is 0 Å². The number of hydrogen-bond acceptors (Lipinski definition) is 7. The molecular weight excluding hydrogens is 324 g/mol. The molecule has 2 aromatic heterocycles. The van der Waals surface area contributed by atoms with Crippen LogP contribution in [-0.4, -0.2) is 41.3 Å². The van der Waals surface area contributed by atoms with Gasteiger partial charge in [0.25, 0.3) is 5.89 Å². The Kier molecular flexibility index (Phi) is 4.69. The van der Waals surface area contributed by atoms with E-state index in [1.54, 1.807) is 50.4 Å². The number of benzene rings is 1. The number of methoxy groups -OCH3 is 3. The number of nitrogens with zero attached hydrogens (tertiary/aromatic N) is 4. The molecule has 0 aliphatic heterocycles. The molecule has 3 aromatic rings. The third kappa shape index (κ3) is 3.47. The minimum Gasteiger partial charge on any atom is -0.493 e. The van der Waals surface area contributed by atoms with Crippen LogP contribution < -0.4 is 14.2 Å². The van der Waals surface area contributed by atoms with E-state index in [9.17, 15) is 0 Å². The van der Waals surface area contributed by atoms with Gasteiger partial charge in [0.1, 0.15) is 0 Å². The zero-order valence-corrected chi connectivity index (χ0v) is 14.4. The Balaban J connectivity index is 1.90. The third-order valence-electron chi connectivity index (χ3n) is 3.51. The van der Waals surface area contributed by atoms with E-state index in [4.69, 9.17) is 18.7 Å². The fourth-order valence-corrected chi connectivity index (χ4v) is 2.32. The van der Waals surface area contributed by atoms with Gasteiger partial charge in [0.15, 0.2) is 11.5 Å². The first-order valence-corrected chi connectivity index (χ1v) is 7.45. The molecular formula is C17H18N4O4. The lowest BCUT2D eigenvalue weighted by atomic mass is 10.1. The van der Waals surface area contributed by atoms with Crippen LogP contribution >= 0.6 is 0 Å². The molecule has 0 aliphatic rings. The summed E-state index contributed by atoms with van der Waals surface area (Å²) >= 11 is 0. The van der Waals surface area contributed by atoms with Crippen molar-refractivity contribution in [3.05, 3.63) is 36.0 Å². The molecule has 0 spiro atoms. The topological polar surface area (TPSA) is 84.4 Å². The average molecular weight is 342 g/mol. The van der Waals surface area contributed by atoms with Crippen molar-refractivity contribution in [2.75, 3.05) is 21.3 Å². The van der Waals surface area contributed by atoms with Crippen molar-refractivity contribution in [1.29, 1.82) is 0 Å². The first-order chi connectivity index (χ1) is 12.1. The van der Waals surface area contributed by atoms with Gasteiger partial charge >= 0.3 is 0 Å². The van der Waals surface area contributed by atoms with E-state index >= 15 is 0 Å². The molecule has 8 nitrogen and oxygen atoms in total. The molecule has 0 atom stereocenters. The SMILES string of the molecule is COc1cc(-c2noc(/C=C/c3cnn(C)c3)n2)cc(OC)c1OC. The van der Waals surface area contributed by atoms with Gasteiger partial charge in [-0.15, -0.1) is 0 Å². The highest BCUT2D eigenvalue weighted by Gasteiger charge is 2.16. The summed E-state index contributed by atoms with van der Waals surface area (Å²) in [5.41, 5.74) is 1.63. The first-order valence-electron chi connectivity index (χ1n) is 7.45. The smallest absolute Gasteiger partial charge is 0.250 e. The van der Waals surface area contributed by atoms with Crippen LogP contribution in [0.3, 0.4) is 0 Å². The molecule has 3 rings (SSSR count). The standard InChI is InChI=1S/C17H18N4O4/c1-21-10-11(9-18-21)5-6-15-19-17(20-25-15)12-7-13(22-2)16(24-4)14(8-12)23-3/h5-10H,1-4H3/b6-5+. The number of aromatic nitrogens is 4. The molecule has 2 heterocycles. The van der Waals surface area contributed by atoms with Gasteiger partial charge in [-0.05, 0) is 18.2 Å². The van der Waals surface area contributed by atoms with E-state index in [0.717, 1.165) is 5.56 Å². The van der Waals surface area contributed by atoms with Crippen LogP contribution in [0.2, 0.25) is 0 Å². The fraction of sp³-hybridized carbons (Fsp3) is 0.235. The quantitative estimate of drug-likeness (QED) is 0.681. The van der Waals surface area contributed by atoms with Crippen molar-refractivity contribution >= 4 is 12.2 Å². The lowest BCUT2D eigenvalue weighted by Gasteiger charge is -2.12. The Labute approximate surface area is 144 Å². The molecule has 0 amide bonds. The summed E-state index contributed by atoms with van der Waals surface area (Å²) in [6.07, 6.45) is 7.20. The van der Waals surface area contributed by atoms with E-state index in [1.165, 1.54) is 0 Å². The highest BCUT2D eigenvalue weighted by atomic mass is 16.5. The van der Waals surface area contributed by atoms with Crippen molar-refractivity contribution in [2.24, 2.45) is 7.05 Å². The summed E-state index contributed by atoms with van der Waals surface area (Å²) in [6.45, 7) is 0. The van der Waals surface area contributed by atoms with Crippen LogP contribution in [0.25, 0.3) is 23.5 Å². The average Bonchev–Trinajstić information content (AvgIpc) is 3.27. The van der Waals surface area contributed by atoms with Crippen molar-refractivity contribution in [2.45, 2.75) is 0 Å². The molecule has 0 radical (unpaired) electrons. The second kappa shape index (κ2) is 7.08. The van der Waals surface area contributed by atoms with E-state index in [2.05, 4.69) is 15.2 Å². The Morgan fingerprint density at radius 2 is 1.76 bits per heavy atom. The lowest BCUT2D eigenvalue weighted by molar-refractivity contribution is 0.324. The molecule has 25 heavy (non-hydrogen) atoms. The zero-order chi connectivity index (χ0) is 17.8. The van der Waals surface area contributed by atoms with E-state index in [1.807, 2.05) is 19.3 Å². The number of ether oxygens (including phenoxy) is 3. The van der Waals surface area contributed by atoms with E-state index in [-0.39, 0.29) is 0 Å². The Morgan fingerprint density at radius 1 is 1.04 bits per heavy atom. The number of hydrogen-bond donors (Lipinski definition) is 0. The molecule has 0 saturated carbocycles. The first kappa shape index (κ1) is 16.6. The highest BCUT2D eigenvalue weighted by molar-refractivity contribution is 5.69. The molecule has 0 N–H and O–H groups in total. The predicted octanol–water partition coefficient (Wildman–Crippen LogP) is 2.67. The van der Waals surface area contributed by atoms with Crippen LogP contribution in [-0.2, 0) is 7.05 Å². The maximum absolute atomic E-state index is 5.34. The second-order valence-corrected chi connectivity index (χ2v) is 5.15. The highest BCUT2D eigenvalue weighted by Crippen LogP contribution is 2.40. The van der Waals surface area contributed by atoms with Gasteiger partial charge < -0.3 is 18.7 Å². The van der Waals surface area contributed by atoms with Gasteiger partial charge in [-0.1, -0.05) is 5.16 Å². The molecule has 0 fully saturated rings. The Bertz CT molecular complexity index is 873. The minimum absolute atomic E-state index is 0.382. The van der Waals surface area contributed by atoms with Crippen LogP contribution in [0.15, 0.2) is 29.0 Å². The van der Waals surface area contributed by atoms with Crippen LogP contribution in [0, 0.1) is 0 Å². The van der Waals surface area contributed by atoms with Gasteiger partial charge in [0.05, 0.1) is 27.5 Å². The summed E-state index contributed by atoms with van der Waals surface area (Å²) in [5, 5.41) is 8.10. The monoisotopic (exact) mass is 342 g/mol. The normalized spacial score (nSPS) is 11.0. The second-order valence-electron chi connectivity index (χ2n) is 5.15. The number of aryl methyl sites for hydroxylation is 1. The maximum Gasteiger partial charge on any atom is 0.250 e. The lowest BCUT2D eigenvalue weighted by Crippen LogP contribution is -1.96. The third-order valence-corrected chi connectivity index (χ3v) is 3.51. The fourth-order valence-electron chi connectivity index (χ4n) is 2.32. The predicted molar refractivity (Wildman–Crippen MR) is 91.5 cm³/mol. The summed E-state index contributed by atoms with van der Waals surface area (Å²) < 4.78 is 23.0. The van der Waals surface area contributed by atoms with E-state index in [0.29, 0.717) is 34.5 Å². The van der Waals surface area contributed by atoms with Gasteiger partial charge in [-0.25, -0.2) is 0 Å². The molecule has 130 valence electrons. The number of rotatable bonds is 6. The minimum atomic E-state index is 0.382. The largest absolute Gasteiger partial charge is 0.493 e. The molecule has 8 heteroatoms. The Morgan fingerprint density at radius 3 is 2.32 bits per heavy atom. The summed E-state index contributed by atoms with van der Waals surface area (Å²) in [6, 6.07) is 3.53. The molecule has 0 unspecified atom stereocenters. The van der Waals surface area contributed by atoms with Crippen molar-refractivity contribution in [1.82, 2.24) is 19.9 Å².